The van der Waals surface area contributed by atoms with Gasteiger partial charge in [-0.15, -0.1) is 0 Å². The van der Waals surface area contributed by atoms with Crippen molar-refractivity contribution in [3.05, 3.63) is 53.3 Å². The van der Waals surface area contributed by atoms with Crippen molar-refractivity contribution >= 4 is 45.1 Å². The molecule has 154 valence electrons. The molecular weight excluding hydrogens is 422 g/mol. The number of nitrogens with one attached hydrogen (secondary N) is 2. The van der Waals surface area contributed by atoms with Crippen molar-refractivity contribution in [2.24, 2.45) is 0 Å². The molecule has 2 N–H and O–H groups in total. The van der Waals surface area contributed by atoms with E-state index in [0.717, 1.165) is 6.92 Å². The number of hydrogen-bond acceptors (Lipinski definition) is 7. The lowest BCUT2D eigenvalue weighted by atomic mass is 10.2. The maximum Gasteiger partial charge on any atom is 0.339 e. The number of ether oxygens (including phenoxy) is 1. The largest absolute Gasteiger partial charge is 0.449 e. The smallest absolute Gasteiger partial charge is 0.339 e. The molecule has 0 aliphatic heterocycles. The van der Waals surface area contributed by atoms with E-state index in [0.29, 0.717) is 5.69 Å². The van der Waals surface area contributed by atoms with Crippen LogP contribution >= 0.6 is 11.6 Å². The first-order valence-electron chi connectivity index (χ1n) is 8.39. The van der Waals surface area contributed by atoms with Gasteiger partial charge in [0, 0.05) is 18.8 Å². The number of benzene rings is 1. The Hall–Kier alpha value is -2.98. The van der Waals surface area contributed by atoms with Gasteiger partial charge in [0.05, 0.1) is 10.5 Å². The average Bonchev–Trinajstić information content (AvgIpc) is 2.65. The summed E-state index contributed by atoms with van der Waals surface area (Å²) in [6, 6.07) is 7.89. The third-order valence-corrected chi connectivity index (χ3v) is 5.24. The Morgan fingerprint density at radius 2 is 1.83 bits per heavy atom. The van der Waals surface area contributed by atoms with Gasteiger partial charge in [-0.3, -0.25) is 9.59 Å². The third-order valence-electron chi connectivity index (χ3n) is 3.59. The standard InChI is InChI=1S/C18H18ClN3O6S/c1-3-15(28-18(25)12-8-9-20-16(19)10-12)17(24)21-13-4-6-14(7-5-13)29(26,27)22-11(2)23/h4-10,15H,3H2,1-2H3,(H,21,24)(H,22,23). The van der Waals surface area contributed by atoms with E-state index in [-0.39, 0.29) is 22.0 Å². The molecule has 11 heteroatoms. The van der Waals surface area contributed by atoms with Crippen LogP contribution in [-0.2, 0) is 24.3 Å². The molecule has 29 heavy (non-hydrogen) atoms. The van der Waals surface area contributed by atoms with Crippen LogP contribution in [0.1, 0.15) is 30.6 Å². The van der Waals surface area contributed by atoms with E-state index in [1.165, 1.54) is 42.6 Å². The van der Waals surface area contributed by atoms with Crippen LogP contribution in [0, 0.1) is 0 Å². The summed E-state index contributed by atoms with van der Waals surface area (Å²) in [5.41, 5.74) is 0.446. The lowest BCUT2D eigenvalue weighted by Gasteiger charge is -2.16. The fraction of sp³-hybridized carbons (Fsp3) is 0.222. The van der Waals surface area contributed by atoms with Crippen LogP contribution in [0.25, 0.3) is 0 Å². The number of amides is 2. The Balaban J connectivity index is 2.05. The van der Waals surface area contributed by atoms with Crippen LogP contribution in [0.3, 0.4) is 0 Å². The number of pyridine rings is 1. The Labute approximate surface area is 172 Å². The summed E-state index contributed by atoms with van der Waals surface area (Å²) >= 11 is 5.74. The zero-order chi connectivity index (χ0) is 21.6. The predicted molar refractivity (Wildman–Crippen MR) is 105 cm³/mol. The average molecular weight is 440 g/mol. The second-order valence-corrected chi connectivity index (χ2v) is 7.91. The monoisotopic (exact) mass is 439 g/mol. The summed E-state index contributed by atoms with van der Waals surface area (Å²) in [4.78, 5) is 39.2. The van der Waals surface area contributed by atoms with Crippen molar-refractivity contribution < 1.29 is 27.5 Å². The highest BCUT2D eigenvalue weighted by Crippen LogP contribution is 2.16. The van der Waals surface area contributed by atoms with Gasteiger partial charge >= 0.3 is 5.97 Å². The number of carbonyl (C=O) groups is 3. The zero-order valence-electron chi connectivity index (χ0n) is 15.5. The topological polar surface area (TPSA) is 132 Å². The predicted octanol–water partition coefficient (Wildman–Crippen LogP) is 2.13. The van der Waals surface area contributed by atoms with E-state index in [1.807, 2.05) is 4.72 Å². The molecule has 1 unspecified atom stereocenters. The number of carbonyl (C=O) groups excluding carboxylic acids is 3. The fourth-order valence-electron chi connectivity index (χ4n) is 2.24. The molecule has 0 saturated carbocycles. The van der Waals surface area contributed by atoms with Gasteiger partial charge in [0.15, 0.2) is 6.10 Å². The first-order valence-corrected chi connectivity index (χ1v) is 10.3. The summed E-state index contributed by atoms with van der Waals surface area (Å²) in [5.74, 6) is -2.03. The highest BCUT2D eigenvalue weighted by molar-refractivity contribution is 7.90. The van der Waals surface area contributed by atoms with E-state index in [4.69, 9.17) is 16.3 Å². The fourth-order valence-corrected chi connectivity index (χ4v) is 3.40. The van der Waals surface area contributed by atoms with E-state index in [2.05, 4.69) is 10.3 Å². The third kappa shape index (κ3) is 6.26. The number of esters is 1. The molecule has 0 radical (unpaired) electrons. The maximum atomic E-state index is 12.4. The molecule has 1 atom stereocenters. The van der Waals surface area contributed by atoms with Crippen molar-refractivity contribution in [3.63, 3.8) is 0 Å². The molecule has 0 aliphatic carbocycles. The highest BCUT2D eigenvalue weighted by atomic mass is 35.5. The number of sulfonamides is 1. The number of halogens is 1. The molecule has 0 bridgehead atoms. The minimum absolute atomic E-state index is 0.117. The van der Waals surface area contributed by atoms with Crippen molar-refractivity contribution in [2.45, 2.75) is 31.3 Å². The maximum absolute atomic E-state index is 12.4. The van der Waals surface area contributed by atoms with Gasteiger partial charge in [-0.25, -0.2) is 22.9 Å². The number of aromatic nitrogens is 1. The summed E-state index contributed by atoms with van der Waals surface area (Å²) in [6.07, 6.45) is 0.485. The summed E-state index contributed by atoms with van der Waals surface area (Å²) in [5, 5.41) is 2.66. The van der Waals surface area contributed by atoms with Crippen LogP contribution < -0.4 is 10.0 Å². The SMILES string of the molecule is CCC(OC(=O)c1ccnc(Cl)c1)C(=O)Nc1ccc(S(=O)(=O)NC(C)=O)cc1. The number of rotatable bonds is 7. The number of hydrogen-bond donors (Lipinski definition) is 2. The molecule has 0 saturated heterocycles. The summed E-state index contributed by atoms with van der Waals surface area (Å²) < 4.78 is 30.9. The lowest BCUT2D eigenvalue weighted by molar-refractivity contribution is -0.124. The Morgan fingerprint density at radius 1 is 1.17 bits per heavy atom. The van der Waals surface area contributed by atoms with Crippen molar-refractivity contribution in [1.29, 1.82) is 0 Å². The van der Waals surface area contributed by atoms with E-state index < -0.39 is 33.9 Å². The van der Waals surface area contributed by atoms with Crippen LogP contribution in [0.2, 0.25) is 5.15 Å². The van der Waals surface area contributed by atoms with Gasteiger partial charge < -0.3 is 10.1 Å². The molecule has 1 heterocycles. The highest BCUT2D eigenvalue weighted by Gasteiger charge is 2.23. The minimum Gasteiger partial charge on any atom is -0.449 e. The molecule has 0 spiro atoms. The molecule has 2 aromatic rings. The molecule has 1 aromatic carbocycles. The van der Waals surface area contributed by atoms with Crippen molar-refractivity contribution in [3.8, 4) is 0 Å². The Bertz CT molecular complexity index is 1020. The van der Waals surface area contributed by atoms with Gasteiger partial charge in [0.25, 0.3) is 15.9 Å². The Kier molecular flexibility index (Phi) is 7.29. The Morgan fingerprint density at radius 3 is 2.38 bits per heavy atom. The lowest BCUT2D eigenvalue weighted by Crippen LogP contribution is -2.32. The minimum atomic E-state index is -3.97. The molecular formula is C18H18ClN3O6S. The molecule has 0 fully saturated rings. The molecule has 2 amide bonds. The van der Waals surface area contributed by atoms with E-state index in [1.54, 1.807) is 6.92 Å². The van der Waals surface area contributed by atoms with Gasteiger partial charge in [-0.1, -0.05) is 18.5 Å². The van der Waals surface area contributed by atoms with E-state index in [9.17, 15) is 22.8 Å². The first-order chi connectivity index (χ1) is 13.6. The van der Waals surface area contributed by atoms with Crippen molar-refractivity contribution in [1.82, 2.24) is 9.71 Å². The second kappa shape index (κ2) is 9.48. The van der Waals surface area contributed by atoms with Crippen LogP contribution in [0.4, 0.5) is 5.69 Å². The molecule has 1 aromatic heterocycles. The molecule has 0 aliphatic rings. The van der Waals surface area contributed by atoms with Crippen LogP contribution in [0.5, 0.6) is 0 Å². The van der Waals surface area contributed by atoms with Gasteiger partial charge in [-0.05, 0) is 42.8 Å². The number of anilines is 1. The second-order valence-electron chi connectivity index (χ2n) is 5.84. The van der Waals surface area contributed by atoms with Gasteiger partial charge in [0.1, 0.15) is 5.15 Å². The number of nitrogens with zero attached hydrogens (tertiary/aromatic N) is 1. The summed E-state index contributed by atoms with van der Waals surface area (Å²) in [6.45, 7) is 2.75. The van der Waals surface area contributed by atoms with Crippen molar-refractivity contribution in [2.75, 3.05) is 5.32 Å². The normalized spacial score (nSPS) is 12.0. The van der Waals surface area contributed by atoms with Gasteiger partial charge in [0.2, 0.25) is 5.91 Å². The molecule has 2 rings (SSSR count). The quantitative estimate of drug-likeness (QED) is 0.499. The van der Waals surface area contributed by atoms with Gasteiger partial charge in [-0.2, -0.15) is 0 Å². The van der Waals surface area contributed by atoms with Crippen LogP contribution in [-0.4, -0.2) is 37.3 Å². The summed E-state index contributed by atoms with van der Waals surface area (Å²) in [7, 11) is -3.97. The zero-order valence-corrected chi connectivity index (χ0v) is 17.1. The van der Waals surface area contributed by atoms with Crippen LogP contribution in [0.15, 0.2) is 47.5 Å². The first kappa shape index (κ1) is 22.3. The van der Waals surface area contributed by atoms with E-state index >= 15 is 0 Å². The molecule has 9 nitrogen and oxygen atoms in total.